The van der Waals surface area contributed by atoms with Gasteiger partial charge in [0.25, 0.3) is 0 Å². The molecule has 0 unspecified atom stereocenters. The second-order valence-corrected chi connectivity index (χ2v) is 7.11. The Morgan fingerprint density at radius 1 is 1.10 bits per heavy atom. The average Bonchev–Trinajstić information content (AvgIpc) is 2.29. The number of hydrogen-bond donors (Lipinski definition) is 6. The summed E-state index contributed by atoms with van der Waals surface area (Å²) in [5, 5.41) is 12.2. The summed E-state index contributed by atoms with van der Waals surface area (Å²) >= 11 is -5.07. The van der Waals surface area contributed by atoms with Gasteiger partial charge in [-0.3, -0.25) is 0 Å². The Morgan fingerprint density at radius 3 is 2.25 bits per heavy atom. The predicted molar refractivity (Wildman–Crippen MR) is 70.6 cm³/mol. The van der Waals surface area contributed by atoms with Crippen LogP contribution in [0.25, 0.3) is 0 Å². The minimum absolute atomic E-state index is 0.0113. The molecule has 20 heavy (non-hydrogen) atoms. The van der Waals surface area contributed by atoms with E-state index in [-0.39, 0.29) is 33.6 Å². The van der Waals surface area contributed by atoms with Crippen molar-refractivity contribution in [2.75, 3.05) is 16.8 Å². The molecule has 0 radical (unpaired) electrons. The van der Waals surface area contributed by atoms with Crippen molar-refractivity contribution in [3.8, 4) is 5.75 Å². The van der Waals surface area contributed by atoms with E-state index < -0.39 is 14.2 Å². The van der Waals surface area contributed by atoms with Crippen LogP contribution in [-0.4, -0.2) is 42.4 Å². The Bertz CT molecular complexity index is 683. The molecule has 0 bridgehead atoms. The fraction of sp³-hybridized carbons (Fsp3) is 0. The first-order chi connectivity index (χ1) is 9.25. The third-order valence-corrected chi connectivity index (χ3v) is 4.23. The Kier molecular flexibility index (Phi) is 3.53. The molecule has 2 aromatic rings. The molecule has 11 heteroatoms. The monoisotopic (exact) mass is 342 g/mol. The van der Waals surface area contributed by atoms with E-state index >= 15 is 0 Å². The number of nitrogens with one attached hydrogen (secondary N) is 1. The first-order valence-corrected chi connectivity index (χ1v) is 8.57. The molecule has 2 rings (SSSR count). The van der Waals surface area contributed by atoms with E-state index in [1.807, 2.05) is 0 Å². The van der Waals surface area contributed by atoms with Gasteiger partial charge >= 0.3 is 115 Å². The van der Waals surface area contributed by atoms with Gasteiger partial charge in [0.2, 0.25) is 0 Å². The fourth-order valence-corrected chi connectivity index (χ4v) is 2.58. The van der Waals surface area contributed by atoms with E-state index in [9.17, 15) is 8.85 Å². The molecule has 106 valence electrons. The average molecular weight is 342 g/mol. The van der Waals surface area contributed by atoms with Crippen LogP contribution in [0.5, 0.6) is 5.75 Å². The number of phenolic OH excluding ortho intramolecular Hbond substituents is 1. The fourth-order valence-electron chi connectivity index (χ4n) is 1.39. The number of benzene rings is 1. The summed E-state index contributed by atoms with van der Waals surface area (Å²) in [6.07, 6.45) is 0. The van der Waals surface area contributed by atoms with Crippen molar-refractivity contribution in [3.63, 3.8) is 0 Å². The first kappa shape index (κ1) is 14.1. The van der Waals surface area contributed by atoms with Crippen molar-refractivity contribution in [2.24, 2.45) is 0 Å². The maximum atomic E-state index is 11.2. The van der Waals surface area contributed by atoms with E-state index in [1.165, 1.54) is 0 Å². The van der Waals surface area contributed by atoms with Crippen molar-refractivity contribution in [3.05, 3.63) is 18.2 Å². The summed E-state index contributed by atoms with van der Waals surface area (Å²) in [7, 11) is 0. The van der Waals surface area contributed by atoms with Crippen LogP contribution in [-0.2, 0) is 3.74 Å². The van der Waals surface area contributed by atoms with E-state index in [0.717, 1.165) is 18.2 Å². The number of rotatable bonds is 3. The van der Waals surface area contributed by atoms with Gasteiger partial charge in [-0.1, -0.05) is 0 Å². The first-order valence-electron chi connectivity index (χ1n) is 5.19. The molecule has 1 aromatic heterocycles. The molecule has 0 aliphatic heterocycles. The normalized spacial score (nSPS) is 11.3. The van der Waals surface area contributed by atoms with Gasteiger partial charge < -0.3 is 0 Å². The minimum atomic E-state index is -5.07. The summed E-state index contributed by atoms with van der Waals surface area (Å²) in [6, 6.07) is 3.38. The molecule has 0 saturated heterocycles. The molecular formula is C9H11AsN6O4. The third kappa shape index (κ3) is 3.18. The molecule has 0 aliphatic rings. The number of aromatic nitrogens is 3. The Balaban J connectivity index is 2.40. The molecular weight excluding hydrogens is 331 g/mol. The predicted octanol–water partition coefficient (Wildman–Crippen LogP) is -1.95. The van der Waals surface area contributed by atoms with Crippen LogP contribution in [0.1, 0.15) is 0 Å². The number of nitrogens with zero attached hydrogens (tertiary/aromatic N) is 3. The second-order valence-electron chi connectivity index (χ2n) is 3.75. The van der Waals surface area contributed by atoms with E-state index in [0.29, 0.717) is 0 Å². The van der Waals surface area contributed by atoms with Crippen molar-refractivity contribution in [1.29, 1.82) is 0 Å². The molecule has 0 atom stereocenters. The SMILES string of the molecule is Nc1nc(N)nc(Nc2cc([As](=O)(O)O)ccc2O)n1. The Hall–Kier alpha value is -2.29. The number of anilines is 4. The Labute approximate surface area is 115 Å². The quantitative estimate of drug-likeness (QED) is 0.271. The Morgan fingerprint density at radius 2 is 1.70 bits per heavy atom. The van der Waals surface area contributed by atoms with Crippen molar-refractivity contribution >= 4 is 42.1 Å². The summed E-state index contributed by atoms with van der Waals surface area (Å²) in [5.74, 6) is -0.555. The van der Waals surface area contributed by atoms with Gasteiger partial charge in [-0.15, -0.1) is 0 Å². The third-order valence-electron chi connectivity index (χ3n) is 2.23. The van der Waals surface area contributed by atoms with Crippen molar-refractivity contribution in [1.82, 2.24) is 15.0 Å². The molecule has 0 spiro atoms. The molecule has 0 amide bonds. The second kappa shape index (κ2) is 5.00. The van der Waals surface area contributed by atoms with Gasteiger partial charge in [0.05, 0.1) is 0 Å². The zero-order valence-corrected chi connectivity index (χ0v) is 11.8. The topological polar surface area (TPSA) is 180 Å². The summed E-state index contributed by atoms with van der Waals surface area (Å²) in [5.41, 5.74) is 10.8. The number of nitrogen functional groups attached to an aromatic ring is 2. The molecule has 0 saturated carbocycles. The van der Waals surface area contributed by atoms with E-state index in [4.69, 9.17) is 19.7 Å². The van der Waals surface area contributed by atoms with Crippen LogP contribution >= 0.6 is 0 Å². The number of phenols is 1. The van der Waals surface area contributed by atoms with Gasteiger partial charge in [-0.2, -0.15) is 0 Å². The van der Waals surface area contributed by atoms with Crippen molar-refractivity contribution in [2.45, 2.75) is 0 Å². The van der Waals surface area contributed by atoms with Crippen LogP contribution in [0.4, 0.5) is 23.5 Å². The van der Waals surface area contributed by atoms with Gasteiger partial charge in [-0.05, 0) is 0 Å². The molecule has 8 N–H and O–H groups in total. The summed E-state index contributed by atoms with van der Waals surface area (Å²) in [4.78, 5) is 11.0. The number of hydrogen-bond acceptors (Lipinski definition) is 8. The molecule has 0 fully saturated rings. The van der Waals surface area contributed by atoms with Gasteiger partial charge in [0, 0.05) is 0 Å². The number of aromatic hydroxyl groups is 1. The maximum absolute atomic E-state index is 11.2. The van der Waals surface area contributed by atoms with E-state index in [2.05, 4.69) is 20.3 Å². The van der Waals surface area contributed by atoms with Gasteiger partial charge in [-0.25, -0.2) is 0 Å². The van der Waals surface area contributed by atoms with Crippen LogP contribution in [0.15, 0.2) is 18.2 Å². The zero-order chi connectivity index (χ0) is 14.9. The molecule has 0 aliphatic carbocycles. The molecule has 1 aromatic carbocycles. The van der Waals surface area contributed by atoms with Gasteiger partial charge in [0.1, 0.15) is 0 Å². The van der Waals surface area contributed by atoms with Crippen LogP contribution < -0.4 is 21.1 Å². The standard InChI is InChI=1S/C9H11AsN6O4/c11-7-14-8(12)16-9(15-7)13-5-3-4(10(18,19)20)1-2-6(5)17/h1-3,17H,(H2,18,19,20)(H5,11,12,13,14,15,16). The summed E-state index contributed by atoms with van der Waals surface area (Å²) < 4.78 is 29.3. The van der Waals surface area contributed by atoms with Crippen LogP contribution in [0.2, 0.25) is 0 Å². The molecule has 1 heterocycles. The van der Waals surface area contributed by atoms with Crippen LogP contribution in [0, 0.1) is 0 Å². The molecule has 10 nitrogen and oxygen atoms in total. The van der Waals surface area contributed by atoms with E-state index in [1.54, 1.807) is 0 Å². The van der Waals surface area contributed by atoms with Crippen molar-refractivity contribution < 1.29 is 17.0 Å². The van der Waals surface area contributed by atoms with Crippen LogP contribution in [0.3, 0.4) is 0 Å². The summed E-state index contributed by atoms with van der Waals surface area (Å²) in [6.45, 7) is 0. The van der Waals surface area contributed by atoms with Gasteiger partial charge in [0.15, 0.2) is 0 Å². The number of nitrogens with two attached hydrogens (primary N) is 2. The zero-order valence-electron chi connectivity index (χ0n) is 9.93.